The van der Waals surface area contributed by atoms with Crippen molar-refractivity contribution in [2.45, 2.75) is 90.8 Å². The molecule has 0 saturated heterocycles. The van der Waals surface area contributed by atoms with E-state index in [1.54, 1.807) is 4.90 Å². The fraction of sp³-hybridized carbons (Fsp3) is 0.560. The maximum Gasteiger partial charge on any atom is 0.315 e. The third-order valence-electron chi connectivity index (χ3n) is 7.05. The van der Waals surface area contributed by atoms with Crippen molar-refractivity contribution in [3.05, 3.63) is 56.8 Å². The molecule has 1 amide bonds. The van der Waals surface area contributed by atoms with Crippen LogP contribution in [0.3, 0.4) is 0 Å². The number of nitrogens with zero attached hydrogens (tertiary/aromatic N) is 3. The third-order valence-corrected chi connectivity index (χ3v) is 7.05. The van der Waals surface area contributed by atoms with Crippen LogP contribution < -0.4 is 5.56 Å². The molecule has 1 aliphatic heterocycles. The zero-order chi connectivity index (χ0) is 22.5. The van der Waals surface area contributed by atoms with E-state index in [0.29, 0.717) is 18.8 Å². The molecule has 1 aromatic heterocycles. The van der Waals surface area contributed by atoms with E-state index in [4.69, 9.17) is 0 Å². The van der Waals surface area contributed by atoms with E-state index in [1.165, 1.54) is 16.7 Å². The average molecular weight is 424 g/mol. The summed E-state index contributed by atoms with van der Waals surface area (Å²) in [7, 11) is 0. The number of aryl methyl sites for hydroxylation is 2. The number of amides is 1. The minimum absolute atomic E-state index is 0.0150. The third kappa shape index (κ3) is 3.66. The van der Waals surface area contributed by atoms with Crippen LogP contribution in [0.1, 0.15) is 79.5 Å². The zero-order valence-electron chi connectivity index (χ0n) is 19.2. The molecule has 4 rings (SSSR count). The van der Waals surface area contributed by atoms with Gasteiger partial charge in [-0.3, -0.25) is 9.59 Å². The number of aromatic hydroxyl groups is 1. The number of benzene rings is 1. The lowest BCUT2D eigenvalue weighted by Gasteiger charge is -2.40. The number of fused-ring (bicyclic) bond motifs is 1. The van der Waals surface area contributed by atoms with Crippen molar-refractivity contribution in [1.29, 1.82) is 0 Å². The summed E-state index contributed by atoms with van der Waals surface area (Å²) < 4.78 is 1.81. The van der Waals surface area contributed by atoms with Gasteiger partial charge in [-0.05, 0) is 53.0 Å². The van der Waals surface area contributed by atoms with Crippen molar-refractivity contribution in [2.24, 2.45) is 0 Å². The molecule has 6 heteroatoms. The summed E-state index contributed by atoms with van der Waals surface area (Å²) >= 11 is 0. The molecule has 2 heterocycles. The van der Waals surface area contributed by atoms with Crippen molar-refractivity contribution >= 4 is 5.91 Å². The van der Waals surface area contributed by atoms with Gasteiger partial charge in [0.2, 0.25) is 5.75 Å². The van der Waals surface area contributed by atoms with Crippen molar-refractivity contribution in [3.63, 3.8) is 0 Å². The Hall–Kier alpha value is -2.63. The summed E-state index contributed by atoms with van der Waals surface area (Å²) in [5.74, 6) is -0.209. The predicted octanol–water partition coefficient (Wildman–Crippen LogP) is 3.87. The van der Waals surface area contributed by atoms with Gasteiger partial charge in [0.15, 0.2) is 5.69 Å². The molecule has 1 aromatic carbocycles. The number of hydrogen-bond donors (Lipinski definition) is 1. The van der Waals surface area contributed by atoms with Crippen LogP contribution in [0.25, 0.3) is 0 Å². The first-order valence-electron chi connectivity index (χ1n) is 11.4. The van der Waals surface area contributed by atoms with Gasteiger partial charge in [0.1, 0.15) is 5.82 Å². The molecular weight excluding hydrogens is 390 g/mol. The maximum atomic E-state index is 13.2. The molecule has 0 bridgehead atoms. The SMILES string of the molecule is Cc1cc(C)cc(C2(Cc3nc(=O)c(O)c4n3C[C@H](C)N(C(C)C)C4=O)CCCC2)c1. The first-order valence-corrected chi connectivity index (χ1v) is 11.4. The highest BCUT2D eigenvalue weighted by atomic mass is 16.3. The fourth-order valence-corrected chi connectivity index (χ4v) is 5.76. The van der Waals surface area contributed by atoms with Crippen LogP contribution in [0.5, 0.6) is 5.75 Å². The number of carbonyl (C=O) groups excluding carboxylic acids is 1. The Morgan fingerprint density at radius 1 is 1.13 bits per heavy atom. The standard InChI is InChI=1S/C25H33N3O3/c1-15(2)28-18(5)14-27-20(26-23(30)22(29)21(27)24(28)31)13-25(8-6-7-9-25)19-11-16(3)10-17(4)12-19/h10-12,15,18,29H,6-9,13-14H2,1-5H3/t18-/m0/s1. The molecule has 1 N–H and O–H groups in total. The van der Waals surface area contributed by atoms with Crippen molar-refractivity contribution in [1.82, 2.24) is 14.5 Å². The second kappa shape index (κ2) is 7.81. The Morgan fingerprint density at radius 3 is 2.32 bits per heavy atom. The molecule has 31 heavy (non-hydrogen) atoms. The van der Waals surface area contributed by atoms with Crippen LogP contribution in [0, 0.1) is 13.8 Å². The smallest absolute Gasteiger partial charge is 0.315 e. The highest BCUT2D eigenvalue weighted by Crippen LogP contribution is 2.44. The summed E-state index contributed by atoms with van der Waals surface area (Å²) in [5.41, 5.74) is 3.04. The molecule has 6 nitrogen and oxygen atoms in total. The topological polar surface area (TPSA) is 75.4 Å². The molecular formula is C25H33N3O3. The molecule has 166 valence electrons. The highest BCUT2D eigenvalue weighted by molar-refractivity contribution is 5.96. The minimum atomic E-state index is -0.707. The largest absolute Gasteiger partial charge is 0.501 e. The molecule has 2 aromatic rings. The Bertz CT molecular complexity index is 1060. The van der Waals surface area contributed by atoms with Crippen molar-refractivity contribution in [2.75, 3.05) is 0 Å². The van der Waals surface area contributed by atoms with E-state index in [0.717, 1.165) is 25.7 Å². The van der Waals surface area contributed by atoms with E-state index in [2.05, 4.69) is 37.0 Å². The van der Waals surface area contributed by atoms with Gasteiger partial charge in [0.25, 0.3) is 5.91 Å². The van der Waals surface area contributed by atoms with E-state index < -0.39 is 11.3 Å². The number of hydrogen-bond acceptors (Lipinski definition) is 4. The lowest BCUT2D eigenvalue weighted by molar-refractivity contribution is 0.0523. The van der Waals surface area contributed by atoms with E-state index in [1.807, 2.05) is 25.3 Å². The monoisotopic (exact) mass is 423 g/mol. The van der Waals surface area contributed by atoms with E-state index >= 15 is 0 Å². The Balaban J connectivity index is 1.85. The number of aromatic nitrogens is 2. The zero-order valence-corrected chi connectivity index (χ0v) is 19.2. The van der Waals surface area contributed by atoms with Crippen LogP contribution in [0.4, 0.5) is 0 Å². The van der Waals surface area contributed by atoms with Crippen LogP contribution >= 0.6 is 0 Å². The second-order valence-electron chi connectivity index (χ2n) is 9.84. The van der Waals surface area contributed by atoms with Gasteiger partial charge >= 0.3 is 5.56 Å². The van der Waals surface area contributed by atoms with Crippen LogP contribution in [0.15, 0.2) is 23.0 Å². The van der Waals surface area contributed by atoms with Crippen LogP contribution in [-0.4, -0.2) is 37.5 Å². The maximum absolute atomic E-state index is 13.2. The quantitative estimate of drug-likeness (QED) is 0.810. The number of rotatable bonds is 4. The summed E-state index contributed by atoms with van der Waals surface area (Å²) in [5, 5.41) is 10.5. The van der Waals surface area contributed by atoms with Crippen LogP contribution in [-0.2, 0) is 18.4 Å². The van der Waals surface area contributed by atoms with Gasteiger partial charge in [-0.2, -0.15) is 4.98 Å². The van der Waals surface area contributed by atoms with Gasteiger partial charge < -0.3 is 14.6 Å². The van der Waals surface area contributed by atoms with Gasteiger partial charge in [-0.25, -0.2) is 0 Å². The molecule has 0 unspecified atom stereocenters. The molecule has 1 saturated carbocycles. The molecule has 0 spiro atoms. The summed E-state index contributed by atoms with van der Waals surface area (Å²) in [4.78, 5) is 31.9. The Morgan fingerprint density at radius 2 is 1.74 bits per heavy atom. The van der Waals surface area contributed by atoms with E-state index in [9.17, 15) is 14.7 Å². The Kier molecular flexibility index (Phi) is 5.44. The predicted molar refractivity (Wildman–Crippen MR) is 121 cm³/mol. The fourth-order valence-electron chi connectivity index (χ4n) is 5.76. The summed E-state index contributed by atoms with van der Waals surface area (Å²) in [6.45, 7) is 10.7. The van der Waals surface area contributed by atoms with Gasteiger partial charge in [0.05, 0.1) is 0 Å². The van der Waals surface area contributed by atoms with Gasteiger partial charge in [0, 0.05) is 30.5 Å². The minimum Gasteiger partial charge on any atom is -0.501 e. The molecule has 1 fully saturated rings. The van der Waals surface area contributed by atoms with Gasteiger partial charge in [-0.15, -0.1) is 0 Å². The molecule has 0 radical (unpaired) electrons. The first kappa shape index (κ1) is 21.6. The lowest BCUT2D eigenvalue weighted by Crippen LogP contribution is -2.51. The van der Waals surface area contributed by atoms with Crippen molar-refractivity contribution < 1.29 is 9.90 Å². The molecule has 1 atom stereocenters. The van der Waals surface area contributed by atoms with E-state index in [-0.39, 0.29) is 29.1 Å². The molecule has 1 aliphatic carbocycles. The Labute approximate surface area is 183 Å². The number of carbonyl (C=O) groups is 1. The summed E-state index contributed by atoms with van der Waals surface area (Å²) in [6, 6.07) is 6.63. The first-order chi connectivity index (χ1) is 14.6. The summed E-state index contributed by atoms with van der Waals surface area (Å²) in [6.07, 6.45) is 4.94. The lowest BCUT2D eigenvalue weighted by atomic mass is 9.75. The highest BCUT2D eigenvalue weighted by Gasteiger charge is 2.40. The van der Waals surface area contributed by atoms with Gasteiger partial charge in [-0.1, -0.05) is 42.2 Å². The normalized spacial score (nSPS) is 20.4. The van der Waals surface area contributed by atoms with Crippen LogP contribution in [0.2, 0.25) is 0 Å². The molecule has 2 aliphatic rings. The van der Waals surface area contributed by atoms with Crippen molar-refractivity contribution in [3.8, 4) is 5.75 Å². The second-order valence-corrected chi connectivity index (χ2v) is 9.84. The average Bonchev–Trinajstić information content (AvgIpc) is 3.14.